The van der Waals surface area contributed by atoms with Gasteiger partial charge in [-0.3, -0.25) is 19.0 Å². The Hall–Kier alpha value is -2.07. The van der Waals surface area contributed by atoms with Crippen LogP contribution >= 0.6 is 34.8 Å². The van der Waals surface area contributed by atoms with E-state index in [1.165, 1.54) is 37.5 Å². The van der Waals surface area contributed by atoms with Gasteiger partial charge >= 0.3 is 17.9 Å². The third-order valence-electron chi connectivity index (χ3n) is 4.28. The molecule has 1 saturated heterocycles. The molecule has 1 aliphatic rings. The van der Waals surface area contributed by atoms with E-state index < -0.39 is 42.4 Å². The van der Waals surface area contributed by atoms with Crippen molar-refractivity contribution < 1.29 is 33.3 Å². The Balaban J connectivity index is 2.09. The molecule has 2 heterocycles. The molecule has 2 aromatic rings. The van der Waals surface area contributed by atoms with Gasteiger partial charge in [0.15, 0.2) is 18.4 Å². The number of esters is 3. The Kier molecular flexibility index (Phi) is 6.76. The second kappa shape index (κ2) is 8.97. The quantitative estimate of drug-likeness (QED) is 0.475. The molecule has 1 aromatic carbocycles. The van der Waals surface area contributed by atoms with Gasteiger partial charge in [0, 0.05) is 20.8 Å². The zero-order valence-electron chi connectivity index (χ0n) is 16.1. The van der Waals surface area contributed by atoms with Crippen molar-refractivity contribution in [1.82, 2.24) is 9.55 Å². The number of halogens is 3. The molecular formula is C18H17Cl3N2O7. The first-order chi connectivity index (χ1) is 14.1. The van der Waals surface area contributed by atoms with E-state index in [-0.39, 0.29) is 21.9 Å². The summed E-state index contributed by atoms with van der Waals surface area (Å²) in [4.78, 5) is 38.9. The van der Waals surface area contributed by atoms with Gasteiger partial charge in [0.1, 0.15) is 12.7 Å². The maximum Gasteiger partial charge on any atom is 0.303 e. The van der Waals surface area contributed by atoms with Crippen molar-refractivity contribution in [1.29, 1.82) is 0 Å². The number of benzene rings is 1. The van der Waals surface area contributed by atoms with Crippen molar-refractivity contribution in [3.63, 3.8) is 0 Å². The molecule has 0 saturated carbocycles. The van der Waals surface area contributed by atoms with E-state index in [1.54, 1.807) is 0 Å². The number of hydrogen-bond acceptors (Lipinski definition) is 8. The second-order valence-electron chi connectivity index (χ2n) is 6.52. The van der Waals surface area contributed by atoms with Gasteiger partial charge in [-0.2, -0.15) is 0 Å². The smallest absolute Gasteiger partial charge is 0.303 e. The van der Waals surface area contributed by atoms with Crippen LogP contribution in [-0.2, 0) is 33.3 Å². The maximum absolute atomic E-state index is 11.8. The Morgan fingerprint density at radius 2 is 1.60 bits per heavy atom. The zero-order valence-corrected chi connectivity index (χ0v) is 18.3. The highest BCUT2D eigenvalue weighted by molar-refractivity contribution is 6.42. The molecule has 162 valence electrons. The molecule has 9 nitrogen and oxygen atoms in total. The standard InChI is InChI=1S/C18H17Cl3N2O7/c1-7(24)27-6-14-15(28-8(2)25)16(29-9(3)26)17(30-14)23-13-5-11(20)10(19)4-12(13)22-18(23)21/h4-5,14-17H,6H2,1-3H3/t14-,15+,16+,17+/m1/s1. The van der Waals surface area contributed by atoms with Crippen molar-refractivity contribution in [2.24, 2.45) is 0 Å². The molecule has 0 bridgehead atoms. The number of nitrogens with zero attached hydrogens (tertiary/aromatic N) is 2. The lowest BCUT2D eigenvalue weighted by molar-refractivity contribution is -0.166. The summed E-state index contributed by atoms with van der Waals surface area (Å²) in [6.45, 7) is 3.38. The molecule has 3 rings (SSSR count). The lowest BCUT2D eigenvalue weighted by atomic mass is 10.1. The summed E-state index contributed by atoms with van der Waals surface area (Å²) in [6.07, 6.45) is -4.14. The largest absolute Gasteiger partial charge is 0.463 e. The third-order valence-corrected chi connectivity index (χ3v) is 5.27. The Morgan fingerprint density at radius 1 is 1.00 bits per heavy atom. The van der Waals surface area contributed by atoms with Gasteiger partial charge in [-0.1, -0.05) is 23.2 Å². The van der Waals surface area contributed by atoms with Gasteiger partial charge < -0.3 is 18.9 Å². The summed E-state index contributed by atoms with van der Waals surface area (Å²) >= 11 is 18.5. The van der Waals surface area contributed by atoms with Crippen molar-refractivity contribution >= 4 is 63.7 Å². The fourth-order valence-electron chi connectivity index (χ4n) is 3.20. The van der Waals surface area contributed by atoms with Crippen molar-refractivity contribution in [2.45, 2.75) is 45.3 Å². The number of rotatable bonds is 5. The molecule has 1 fully saturated rings. The van der Waals surface area contributed by atoms with Crippen LogP contribution in [0.15, 0.2) is 12.1 Å². The van der Waals surface area contributed by atoms with Crippen LogP contribution in [0.5, 0.6) is 0 Å². The van der Waals surface area contributed by atoms with E-state index >= 15 is 0 Å². The maximum atomic E-state index is 11.8. The summed E-state index contributed by atoms with van der Waals surface area (Å²) in [5.41, 5.74) is 0.873. The summed E-state index contributed by atoms with van der Waals surface area (Å²) in [5, 5.41) is 0.525. The molecule has 0 aliphatic carbocycles. The Labute approximate surface area is 186 Å². The predicted octanol–water partition coefficient (Wildman–Crippen LogP) is 3.32. The number of aromatic nitrogens is 2. The van der Waals surface area contributed by atoms with E-state index in [0.29, 0.717) is 11.0 Å². The normalized spacial score (nSPS) is 23.4. The molecule has 0 radical (unpaired) electrons. The van der Waals surface area contributed by atoms with Crippen LogP contribution < -0.4 is 0 Å². The van der Waals surface area contributed by atoms with Crippen LogP contribution in [0.4, 0.5) is 0 Å². The van der Waals surface area contributed by atoms with E-state index in [0.717, 1.165) is 0 Å². The molecule has 0 spiro atoms. The molecule has 0 N–H and O–H groups in total. The summed E-state index contributed by atoms with van der Waals surface area (Å²) < 4.78 is 23.2. The summed E-state index contributed by atoms with van der Waals surface area (Å²) in [7, 11) is 0. The fraction of sp³-hybridized carbons (Fsp3) is 0.444. The number of carbonyl (C=O) groups is 3. The summed E-state index contributed by atoms with van der Waals surface area (Å²) in [6, 6.07) is 3.06. The van der Waals surface area contributed by atoms with Crippen LogP contribution in [0, 0.1) is 0 Å². The lowest BCUT2D eigenvalue weighted by Gasteiger charge is -2.24. The number of imidazole rings is 1. The molecule has 0 amide bonds. The first-order valence-corrected chi connectivity index (χ1v) is 9.87. The first kappa shape index (κ1) is 22.6. The van der Waals surface area contributed by atoms with Gasteiger partial charge in [-0.15, -0.1) is 0 Å². The highest BCUT2D eigenvalue weighted by Gasteiger charge is 2.51. The van der Waals surface area contributed by atoms with E-state index in [2.05, 4.69) is 4.98 Å². The third kappa shape index (κ3) is 4.64. The Morgan fingerprint density at radius 3 is 2.20 bits per heavy atom. The van der Waals surface area contributed by atoms with Gasteiger partial charge in [0.2, 0.25) is 5.28 Å². The van der Waals surface area contributed by atoms with Crippen molar-refractivity contribution in [2.75, 3.05) is 6.61 Å². The van der Waals surface area contributed by atoms with Crippen molar-refractivity contribution in [3.8, 4) is 0 Å². The molecule has 1 aliphatic heterocycles. The van der Waals surface area contributed by atoms with E-state index in [1.807, 2.05) is 0 Å². The molecule has 12 heteroatoms. The monoisotopic (exact) mass is 478 g/mol. The second-order valence-corrected chi connectivity index (χ2v) is 7.67. The molecule has 4 atom stereocenters. The minimum Gasteiger partial charge on any atom is -0.463 e. The fourth-order valence-corrected chi connectivity index (χ4v) is 3.80. The van der Waals surface area contributed by atoms with Gasteiger partial charge in [0.05, 0.1) is 21.1 Å². The zero-order chi connectivity index (χ0) is 22.2. The van der Waals surface area contributed by atoms with E-state index in [4.69, 9.17) is 53.8 Å². The Bertz CT molecular complexity index is 1010. The van der Waals surface area contributed by atoms with E-state index in [9.17, 15) is 14.4 Å². The topological polar surface area (TPSA) is 106 Å². The molecule has 30 heavy (non-hydrogen) atoms. The van der Waals surface area contributed by atoms with Crippen molar-refractivity contribution in [3.05, 3.63) is 27.5 Å². The average molecular weight is 480 g/mol. The molecule has 0 unspecified atom stereocenters. The lowest BCUT2D eigenvalue weighted by Crippen LogP contribution is -2.40. The molecular weight excluding hydrogens is 463 g/mol. The average Bonchev–Trinajstić information content (AvgIpc) is 3.10. The number of carbonyl (C=O) groups excluding carboxylic acids is 3. The van der Waals surface area contributed by atoms with Crippen LogP contribution in [-0.4, -0.2) is 52.4 Å². The minimum atomic E-state index is -1.10. The highest BCUT2D eigenvalue weighted by Crippen LogP contribution is 2.39. The highest BCUT2D eigenvalue weighted by atomic mass is 35.5. The predicted molar refractivity (Wildman–Crippen MR) is 106 cm³/mol. The number of ether oxygens (including phenoxy) is 4. The SMILES string of the molecule is CC(=O)OC[C@H]1O[C@H](n2c(Cl)nc3cc(Cl)c(Cl)cc32)[C@@H](OC(C)=O)[C@H]1OC(C)=O. The van der Waals surface area contributed by atoms with Crippen LogP contribution in [0.1, 0.15) is 27.0 Å². The number of fused-ring (bicyclic) bond motifs is 1. The minimum absolute atomic E-state index is 0.000182. The van der Waals surface area contributed by atoms with Gasteiger partial charge in [0.25, 0.3) is 0 Å². The van der Waals surface area contributed by atoms with Gasteiger partial charge in [-0.25, -0.2) is 4.98 Å². The first-order valence-electron chi connectivity index (χ1n) is 8.74. The van der Waals surface area contributed by atoms with Crippen LogP contribution in [0.3, 0.4) is 0 Å². The van der Waals surface area contributed by atoms with Gasteiger partial charge in [-0.05, 0) is 23.7 Å². The summed E-state index contributed by atoms with van der Waals surface area (Å²) in [5.74, 6) is -1.83. The van der Waals surface area contributed by atoms with Crippen LogP contribution in [0.2, 0.25) is 15.3 Å². The van der Waals surface area contributed by atoms with Crippen LogP contribution in [0.25, 0.3) is 11.0 Å². The number of hydrogen-bond donors (Lipinski definition) is 0. The molecule has 1 aromatic heterocycles.